The van der Waals surface area contributed by atoms with Crippen molar-refractivity contribution >= 4 is 33.6 Å². The lowest BCUT2D eigenvalue weighted by atomic mass is 10.0. The zero-order valence-electron chi connectivity index (χ0n) is 15.0. The van der Waals surface area contributed by atoms with Gasteiger partial charge in [-0.25, -0.2) is 9.59 Å². The number of carboxylic acid groups (broad SMARTS) is 1. The summed E-state index contributed by atoms with van der Waals surface area (Å²) in [6, 6.07) is 3.31. The first kappa shape index (κ1) is 20.6. The second-order valence-electron chi connectivity index (χ2n) is 6.20. The number of hydrogen-bond donors (Lipinski definition) is 3. The van der Waals surface area contributed by atoms with E-state index in [0.717, 1.165) is 0 Å². The van der Waals surface area contributed by atoms with Gasteiger partial charge in [-0.3, -0.25) is 9.00 Å². The van der Waals surface area contributed by atoms with Crippen LogP contribution in [0, 0.1) is 6.92 Å². The predicted molar refractivity (Wildman–Crippen MR) is 100 cm³/mol. The number of carboxylic acids is 1. The topological polar surface area (TPSA) is 134 Å². The van der Waals surface area contributed by atoms with E-state index in [9.17, 15) is 23.7 Å². The van der Waals surface area contributed by atoms with Crippen molar-refractivity contribution in [2.24, 2.45) is 0 Å². The van der Waals surface area contributed by atoms with Gasteiger partial charge >= 0.3 is 11.6 Å². The molecule has 0 aliphatic heterocycles. The molecule has 9 heteroatoms. The van der Waals surface area contributed by atoms with E-state index in [1.165, 1.54) is 18.4 Å². The Kier molecular flexibility index (Phi) is 6.73. The maximum atomic E-state index is 12.2. The van der Waals surface area contributed by atoms with Crippen LogP contribution in [0.5, 0.6) is 5.75 Å². The van der Waals surface area contributed by atoms with Crippen molar-refractivity contribution in [1.82, 2.24) is 5.32 Å². The normalized spacial score (nSPS) is 13.3. The number of phenols is 1. The molecule has 2 aromatic rings. The highest BCUT2D eigenvalue weighted by Gasteiger charge is 2.21. The lowest BCUT2D eigenvalue weighted by Crippen LogP contribution is -2.41. The van der Waals surface area contributed by atoms with E-state index >= 15 is 0 Å². The van der Waals surface area contributed by atoms with Gasteiger partial charge in [0, 0.05) is 46.2 Å². The van der Waals surface area contributed by atoms with Crippen LogP contribution in [0.2, 0.25) is 0 Å². The van der Waals surface area contributed by atoms with Crippen LogP contribution in [0.15, 0.2) is 27.4 Å². The molecule has 0 saturated heterocycles. The van der Waals surface area contributed by atoms with Crippen molar-refractivity contribution in [3.63, 3.8) is 0 Å². The molecule has 0 spiro atoms. The molecule has 0 radical (unpaired) electrons. The van der Waals surface area contributed by atoms with E-state index in [4.69, 9.17) is 9.52 Å². The fourth-order valence-corrected chi connectivity index (χ4v) is 3.29. The van der Waals surface area contributed by atoms with Crippen molar-refractivity contribution in [2.45, 2.75) is 32.2 Å². The molecule has 2 atom stereocenters. The summed E-state index contributed by atoms with van der Waals surface area (Å²) >= 11 is 0. The molecule has 0 aliphatic rings. The van der Waals surface area contributed by atoms with Crippen LogP contribution in [-0.2, 0) is 26.8 Å². The Morgan fingerprint density at radius 2 is 2.04 bits per heavy atom. The van der Waals surface area contributed by atoms with Crippen LogP contribution in [-0.4, -0.2) is 44.3 Å². The number of rotatable bonds is 8. The molecule has 3 N–H and O–H groups in total. The molecule has 8 nitrogen and oxygen atoms in total. The minimum atomic E-state index is -1.20. The van der Waals surface area contributed by atoms with Crippen molar-refractivity contribution in [1.29, 1.82) is 0 Å². The molecular weight excluding hydrogens is 374 g/mol. The summed E-state index contributed by atoms with van der Waals surface area (Å²) in [6.07, 6.45) is 1.52. The molecule has 1 aromatic carbocycles. The molecule has 1 unspecified atom stereocenters. The fourth-order valence-electron chi connectivity index (χ4n) is 2.72. The predicted octanol–water partition coefficient (Wildman–Crippen LogP) is 1.08. The summed E-state index contributed by atoms with van der Waals surface area (Å²) in [5.41, 5.74) is 0.619. The monoisotopic (exact) mass is 395 g/mol. The molecule has 1 heterocycles. The first-order valence-corrected chi connectivity index (χ1v) is 9.99. The molecule has 146 valence electrons. The maximum Gasteiger partial charge on any atom is 0.339 e. The van der Waals surface area contributed by atoms with E-state index < -0.39 is 34.3 Å². The van der Waals surface area contributed by atoms with Gasteiger partial charge in [0.15, 0.2) is 0 Å². The van der Waals surface area contributed by atoms with Gasteiger partial charge in [-0.15, -0.1) is 0 Å². The highest BCUT2D eigenvalue weighted by molar-refractivity contribution is 7.84. The van der Waals surface area contributed by atoms with E-state index in [1.54, 1.807) is 13.0 Å². The van der Waals surface area contributed by atoms with Gasteiger partial charge in [0.1, 0.15) is 17.4 Å². The molecule has 1 aromatic heterocycles. The van der Waals surface area contributed by atoms with Crippen molar-refractivity contribution in [3.8, 4) is 5.75 Å². The minimum absolute atomic E-state index is 0.0232. The van der Waals surface area contributed by atoms with Crippen LogP contribution >= 0.6 is 0 Å². The van der Waals surface area contributed by atoms with Gasteiger partial charge in [0.05, 0.1) is 0 Å². The zero-order valence-corrected chi connectivity index (χ0v) is 15.8. The largest absolute Gasteiger partial charge is 0.508 e. The van der Waals surface area contributed by atoms with Crippen LogP contribution in [0.1, 0.15) is 24.0 Å². The van der Waals surface area contributed by atoms with Gasteiger partial charge < -0.3 is 19.9 Å². The van der Waals surface area contributed by atoms with Gasteiger partial charge in [0.25, 0.3) is 0 Å². The Balaban J connectivity index is 2.10. The third-order valence-corrected chi connectivity index (χ3v) is 5.01. The smallest absolute Gasteiger partial charge is 0.339 e. The Morgan fingerprint density at radius 1 is 1.33 bits per heavy atom. The molecule has 2 rings (SSSR count). The first-order chi connectivity index (χ1) is 12.7. The molecule has 0 fully saturated rings. The molecule has 0 bridgehead atoms. The lowest BCUT2D eigenvalue weighted by Gasteiger charge is -2.14. The van der Waals surface area contributed by atoms with E-state index in [1.807, 2.05) is 0 Å². The highest BCUT2D eigenvalue weighted by Crippen LogP contribution is 2.23. The van der Waals surface area contributed by atoms with E-state index in [-0.39, 0.29) is 36.3 Å². The van der Waals surface area contributed by atoms with E-state index in [2.05, 4.69) is 5.32 Å². The number of phenolic OH excluding ortho intramolecular Hbond substituents is 1. The van der Waals surface area contributed by atoms with Gasteiger partial charge in [-0.1, -0.05) is 0 Å². The molecule has 27 heavy (non-hydrogen) atoms. The summed E-state index contributed by atoms with van der Waals surface area (Å²) in [7, 11) is -1.16. The third-order valence-electron chi connectivity index (χ3n) is 4.20. The highest BCUT2D eigenvalue weighted by atomic mass is 32.2. The summed E-state index contributed by atoms with van der Waals surface area (Å²) < 4.78 is 16.3. The Bertz CT molecular complexity index is 951. The Labute approximate surface area is 157 Å². The van der Waals surface area contributed by atoms with Crippen molar-refractivity contribution in [2.75, 3.05) is 12.0 Å². The number of aliphatic carboxylic acids is 1. The minimum Gasteiger partial charge on any atom is -0.508 e. The number of amides is 1. The quantitative estimate of drug-likeness (QED) is 0.569. The number of aryl methyl sites for hydroxylation is 1. The second-order valence-corrected chi connectivity index (χ2v) is 7.75. The fraction of sp³-hybridized carbons (Fsp3) is 0.389. The summed E-state index contributed by atoms with van der Waals surface area (Å²) in [5.74, 6) is -1.58. The standard InChI is InChI=1S/C18H21NO7S/c1-10-12-4-3-11(20)9-15(12)26-18(24)13(10)5-6-16(21)19-14(17(22)23)7-8-27(2)25/h3-4,9,14,20H,5-8H2,1-2H3,(H,19,21)(H,22,23)/t14-,27?/m0/s1. The SMILES string of the molecule is Cc1c(CCC(=O)N[C@@H](CCS(C)=O)C(=O)O)c(=O)oc2cc(O)ccc12. The number of aromatic hydroxyl groups is 1. The molecule has 1 amide bonds. The summed E-state index contributed by atoms with van der Waals surface area (Å²) in [5, 5.41) is 21.7. The molecular formula is C18H21NO7S. The number of carbonyl (C=O) groups is 2. The lowest BCUT2D eigenvalue weighted by molar-refractivity contribution is -0.141. The van der Waals surface area contributed by atoms with Gasteiger partial charge in [-0.2, -0.15) is 0 Å². The van der Waals surface area contributed by atoms with Crippen LogP contribution in [0.25, 0.3) is 11.0 Å². The Hall–Kier alpha value is -2.68. The summed E-state index contributed by atoms with van der Waals surface area (Å²) in [6.45, 7) is 1.72. The van der Waals surface area contributed by atoms with Crippen LogP contribution < -0.4 is 10.9 Å². The number of fused-ring (bicyclic) bond motifs is 1. The van der Waals surface area contributed by atoms with Gasteiger partial charge in [0.2, 0.25) is 5.91 Å². The van der Waals surface area contributed by atoms with Crippen LogP contribution in [0.4, 0.5) is 0 Å². The number of benzene rings is 1. The van der Waals surface area contributed by atoms with E-state index in [0.29, 0.717) is 16.5 Å². The van der Waals surface area contributed by atoms with Gasteiger partial charge in [-0.05, 0) is 37.5 Å². The zero-order chi connectivity index (χ0) is 20.1. The maximum absolute atomic E-state index is 12.2. The summed E-state index contributed by atoms with van der Waals surface area (Å²) in [4.78, 5) is 35.5. The number of carbonyl (C=O) groups excluding carboxylic acids is 1. The second kappa shape index (κ2) is 8.81. The molecule has 0 aliphatic carbocycles. The first-order valence-electron chi connectivity index (χ1n) is 8.26. The third kappa shape index (κ3) is 5.40. The average molecular weight is 395 g/mol. The Morgan fingerprint density at radius 3 is 2.67 bits per heavy atom. The average Bonchev–Trinajstić information content (AvgIpc) is 2.57. The van der Waals surface area contributed by atoms with Crippen molar-refractivity contribution in [3.05, 3.63) is 39.7 Å². The van der Waals surface area contributed by atoms with Crippen LogP contribution in [0.3, 0.4) is 0 Å². The van der Waals surface area contributed by atoms with Crippen molar-refractivity contribution < 1.29 is 28.4 Å². The number of nitrogens with one attached hydrogen (secondary N) is 1. The molecule has 0 saturated carbocycles. The number of hydrogen-bond acceptors (Lipinski definition) is 6.